The molecule has 86 valence electrons. The minimum absolute atomic E-state index is 0.245. The monoisotopic (exact) mass is 298 g/mol. The number of hydrogen-bond donors (Lipinski definition) is 0. The standard InChI is InChI=1S/C12H15BrN2S/c1-12(2,3)10(13)6-9-11-8(4-5-16-11)14-7-15-9/h4-5,7,10H,6H2,1-3H3. The zero-order valence-electron chi connectivity index (χ0n) is 9.70. The Morgan fingerprint density at radius 3 is 2.81 bits per heavy atom. The van der Waals surface area contributed by atoms with E-state index in [-0.39, 0.29) is 5.41 Å². The van der Waals surface area contributed by atoms with Crippen LogP contribution >= 0.6 is 27.3 Å². The van der Waals surface area contributed by atoms with Crippen LogP contribution in [0.1, 0.15) is 26.5 Å². The molecule has 16 heavy (non-hydrogen) atoms. The molecule has 0 aliphatic carbocycles. The average Bonchev–Trinajstić information content (AvgIpc) is 2.65. The smallest absolute Gasteiger partial charge is 0.116 e. The first-order valence-corrected chi connectivity index (χ1v) is 7.09. The molecule has 1 unspecified atom stereocenters. The molecule has 0 radical (unpaired) electrons. The van der Waals surface area contributed by atoms with Crippen molar-refractivity contribution in [3.8, 4) is 0 Å². The average molecular weight is 299 g/mol. The Bertz CT molecular complexity index is 487. The number of fused-ring (bicyclic) bond motifs is 1. The van der Waals surface area contributed by atoms with E-state index in [1.54, 1.807) is 17.7 Å². The number of nitrogens with zero attached hydrogens (tertiary/aromatic N) is 2. The van der Waals surface area contributed by atoms with Gasteiger partial charge in [-0.2, -0.15) is 0 Å². The summed E-state index contributed by atoms with van der Waals surface area (Å²) in [5, 5.41) is 2.07. The lowest BCUT2D eigenvalue weighted by Gasteiger charge is -2.25. The molecule has 0 bridgehead atoms. The number of rotatable bonds is 2. The minimum atomic E-state index is 0.245. The van der Waals surface area contributed by atoms with Crippen molar-refractivity contribution in [2.24, 2.45) is 5.41 Å². The predicted octanol–water partition coefficient (Wildman–Crippen LogP) is 4.04. The summed E-state index contributed by atoms with van der Waals surface area (Å²) in [5.41, 5.74) is 2.45. The predicted molar refractivity (Wildman–Crippen MR) is 73.3 cm³/mol. The van der Waals surface area contributed by atoms with Gasteiger partial charge < -0.3 is 0 Å². The molecule has 0 aliphatic rings. The number of thiophene rings is 1. The first-order valence-electron chi connectivity index (χ1n) is 5.29. The summed E-state index contributed by atoms with van der Waals surface area (Å²) in [6.45, 7) is 6.71. The highest BCUT2D eigenvalue weighted by Crippen LogP contribution is 2.31. The molecule has 0 saturated heterocycles. The Hall–Kier alpha value is -0.480. The van der Waals surface area contributed by atoms with Gasteiger partial charge in [0.15, 0.2) is 0 Å². The Morgan fingerprint density at radius 2 is 2.12 bits per heavy atom. The van der Waals surface area contributed by atoms with E-state index in [2.05, 4.69) is 52.0 Å². The summed E-state index contributed by atoms with van der Waals surface area (Å²) in [6.07, 6.45) is 2.61. The van der Waals surface area contributed by atoms with Gasteiger partial charge in [-0.1, -0.05) is 36.7 Å². The van der Waals surface area contributed by atoms with Crippen LogP contribution in [-0.2, 0) is 6.42 Å². The highest BCUT2D eigenvalue weighted by molar-refractivity contribution is 9.09. The molecule has 2 rings (SSSR count). The van der Waals surface area contributed by atoms with Crippen LogP contribution in [0.4, 0.5) is 0 Å². The number of alkyl halides is 1. The van der Waals surface area contributed by atoms with Crippen LogP contribution in [-0.4, -0.2) is 14.8 Å². The van der Waals surface area contributed by atoms with Crippen molar-refractivity contribution in [3.05, 3.63) is 23.5 Å². The summed E-state index contributed by atoms with van der Waals surface area (Å²) in [4.78, 5) is 9.09. The largest absolute Gasteiger partial charge is 0.240 e. The second kappa shape index (κ2) is 4.41. The van der Waals surface area contributed by atoms with Gasteiger partial charge in [0.2, 0.25) is 0 Å². The van der Waals surface area contributed by atoms with Crippen LogP contribution in [0.3, 0.4) is 0 Å². The van der Waals surface area contributed by atoms with E-state index in [1.807, 2.05) is 6.07 Å². The minimum Gasteiger partial charge on any atom is -0.240 e. The SMILES string of the molecule is CC(C)(C)C(Br)Cc1ncnc2ccsc12. The molecule has 1 atom stereocenters. The zero-order chi connectivity index (χ0) is 11.8. The third kappa shape index (κ3) is 2.43. The Kier molecular flexibility index (Phi) is 3.31. The van der Waals surface area contributed by atoms with Crippen molar-refractivity contribution in [2.45, 2.75) is 32.0 Å². The zero-order valence-corrected chi connectivity index (χ0v) is 12.1. The van der Waals surface area contributed by atoms with Gasteiger partial charge in [0.1, 0.15) is 6.33 Å². The Labute approximate surface area is 108 Å². The molecular formula is C12H15BrN2S. The molecule has 4 heteroatoms. The molecule has 0 aromatic carbocycles. The molecule has 2 aromatic rings. The number of hydrogen-bond acceptors (Lipinski definition) is 3. The third-order valence-electron chi connectivity index (χ3n) is 2.63. The molecule has 0 amide bonds. The highest BCUT2D eigenvalue weighted by Gasteiger charge is 2.23. The lowest BCUT2D eigenvalue weighted by atomic mass is 9.89. The maximum absolute atomic E-state index is 4.40. The van der Waals surface area contributed by atoms with E-state index in [9.17, 15) is 0 Å². The Balaban J connectivity index is 2.31. The van der Waals surface area contributed by atoms with E-state index in [0.29, 0.717) is 4.83 Å². The van der Waals surface area contributed by atoms with Crippen molar-refractivity contribution in [1.82, 2.24) is 9.97 Å². The van der Waals surface area contributed by atoms with E-state index in [1.165, 1.54) is 4.70 Å². The molecule has 2 aromatic heterocycles. The van der Waals surface area contributed by atoms with Crippen LogP contribution in [0.25, 0.3) is 10.2 Å². The van der Waals surface area contributed by atoms with Gasteiger partial charge >= 0.3 is 0 Å². The number of halogens is 1. The van der Waals surface area contributed by atoms with Gasteiger partial charge in [0.25, 0.3) is 0 Å². The van der Waals surface area contributed by atoms with Gasteiger partial charge in [-0.05, 0) is 16.9 Å². The first-order chi connectivity index (χ1) is 7.48. The van der Waals surface area contributed by atoms with Crippen molar-refractivity contribution in [2.75, 3.05) is 0 Å². The maximum atomic E-state index is 4.40. The van der Waals surface area contributed by atoms with Gasteiger partial charge in [0.05, 0.1) is 15.9 Å². The van der Waals surface area contributed by atoms with Crippen molar-refractivity contribution >= 4 is 37.5 Å². The fraction of sp³-hybridized carbons (Fsp3) is 0.500. The van der Waals surface area contributed by atoms with E-state index in [0.717, 1.165) is 17.6 Å². The summed E-state index contributed by atoms with van der Waals surface area (Å²) < 4.78 is 1.22. The topological polar surface area (TPSA) is 25.8 Å². The number of aromatic nitrogens is 2. The molecule has 2 nitrogen and oxygen atoms in total. The van der Waals surface area contributed by atoms with Gasteiger partial charge in [-0.3, -0.25) is 0 Å². The molecular weight excluding hydrogens is 284 g/mol. The van der Waals surface area contributed by atoms with Crippen molar-refractivity contribution in [1.29, 1.82) is 0 Å². The van der Waals surface area contributed by atoms with Crippen molar-refractivity contribution in [3.63, 3.8) is 0 Å². The fourth-order valence-electron chi connectivity index (χ4n) is 1.46. The lowest BCUT2D eigenvalue weighted by molar-refractivity contribution is 0.397. The van der Waals surface area contributed by atoms with Crippen LogP contribution in [0.5, 0.6) is 0 Å². The fourth-order valence-corrected chi connectivity index (χ4v) is 2.61. The van der Waals surface area contributed by atoms with Gasteiger partial charge in [-0.15, -0.1) is 11.3 Å². The third-order valence-corrected chi connectivity index (χ3v) is 5.28. The van der Waals surface area contributed by atoms with Crippen molar-refractivity contribution < 1.29 is 0 Å². The molecule has 0 fully saturated rings. The van der Waals surface area contributed by atoms with Crippen LogP contribution in [0, 0.1) is 5.41 Å². The summed E-state index contributed by atoms with van der Waals surface area (Å²) in [7, 11) is 0. The quantitative estimate of drug-likeness (QED) is 0.782. The van der Waals surface area contributed by atoms with Crippen LogP contribution in [0.2, 0.25) is 0 Å². The second-order valence-electron chi connectivity index (χ2n) is 4.99. The van der Waals surface area contributed by atoms with Crippen LogP contribution in [0.15, 0.2) is 17.8 Å². The van der Waals surface area contributed by atoms with E-state index in [4.69, 9.17) is 0 Å². The summed E-state index contributed by atoms with van der Waals surface area (Å²) >= 11 is 5.47. The highest BCUT2D eigenvalue weighted by atomic mass is 79.9. The van der Waals surface area contributed by atoms with E-state index < -0.39 is 0 Å². The van der Waals surface area contributed by atoms with E-state index >= 15 is 0 Å². The second-order valence-corrected chi connectivity index (χ2v) is 7.01. The molecule has 2 heterocycles. The molecule has 0 spiro atoms. The van der Waals surface area contributed by atoms with Crippen LogP contribution < -0.4 is 0 Å². The van der Waals surface area contributed by atoms with Gasteiger partial charge in [-0.25, -0.2) is 9.97 Å². The maximum Gasteiger partial charge on any atom is 0.116 e. The van der Waals surface area contributed by atoms with Gasteiger partial charge in [0, 0.05) is 11.2 Å². The molecule has 0 N–H and O–H groups in total. The normalized spacial score (nSPS) is 14.2. The summed E-state index contributed by atoms with van der Waals surface area (Å²) in [5.74, 6) is 0. The first kappa shape index (κ1) is 12.0. The summed E-state index contributed by atoms with van der Waals surface area (Å²) in [6, 6.07) is 2.05. The molecule has 0 saturated carbocycles. The Morgan fingerprint density at radius 1 is 1.38 bits per heavy atom. The molecule has 0 aliphatic heterocycles. The lowest BCUT2D eigenvalue weighted by Crippen LogP contribution is -2.22.